The van der Waals surface area contributed by atoms with Crippen molar-refractivity contribution in [1.29, 1.82) is 0 Å². The van der Waals surface area contributed by atoms with Crippen LogP contribution in [0.15, 0.2) is 51.9 Å². The van der Waals surface area contributed by atoms with Crippen LogP contribution in [0, 0.1) is 19.8 Å². The Morgan fingerprint density at radius 3 is 2.56 bits per heavy atom. The number of amides is 3. The van der Waals surface area contributed by atoms with E-state index in [2.05, 4.69) is 15.2 Å². The highest BCUT2D eigenvalue weighted by Crippen LogP contribution is 2.30. The van der Waals surface area contributed by atoms with Crippen LogP contribution in [0.25, 0.3) is 0 Å². The molecular formula is C29H36ClN5O7S. The third-order valence-electron chi connectivity index (χ3n) is 7.36. The Balaban J connectivity index is 1.62. The number of anilines is 2. The lowest BCUT2D eigenvalue weighted by atomic mass is 10.0. The van der Waals surface area contributed by atoms with Gasteiger partial charge in [0.15, 0.2) is 5.76 Å². The van der Waals surface area contributed by atoms with Gasteiger partial charge in [-0.1, -0.05) is 23.7 Å². The lowest BCUT2D eigenvalue weighted by Crippen LogP contribution is -2.48. The zero-order chi connectivity index (χ0) is 31.5. The molecule has 3 N–H and O–H groups in total. The van der Waals surface area contributed by atoms with Gasteiger partial charge in [-0.2, -0.15) is 0 Å². The van der Waals surface area contributed by atoms with E-state index in [9.17, 15) is 23.1 Å². The maximum absolute atomic E-state index is 13.5. The Morgan fingerprint density at radius 1 is 1.23 bits per heavy atom. The number of aliphatic hydroxyl groups excluding tert-OH is 1. The first-order valence-electron chi connectivity index (χ1n) is 13.7. The minimum Gasteiger partial charge on any atom is -0.488 e. The van der Waals surface area contributed by atoms with Crippen molar-refractivity contribution in [2.75, 3.05) is 36.8 Å². The fourth-order valence-electron chi connectivity index (χ4n) is 4.76. The molecule has 4 rings (SSSR count). The summed E-state index contributed by atoms with van der Waals surface area (Å²) in [6, 6.07) is 9.62. The summed E-state index contributed by atoms with van der Waals surface area (Å²) in [6.07, 6.45) is -0.645. The highest BCUT2D eigenvalue weighted by atomic mass is 35.5. The lowest BCUT2D eigenvalue weighted by Gasteiger charge is -2.34. The summed E-state index contributed by atoms with van der Waals surface area (Å²) in [6.45, 7) is 7.29. The van der Waals surface area contributed by atoms with Gasteiger partial charge in [-0.3, -0.25) is 9.52 Å². The number of nitrogens with zero attached hydrogens (tertiary/aromatic N) is 3. The van der Waals surface area contributed by atoms with Crippen LogP contribution in [0.1, 0.15) is 30.9 Å². The monoisotopic (exact) mass is 633 g/mol. The zero-order valence-corrected chi connectivity index (χ0v) is 26.2. The molecule has 12 nitrogen and oxygen atoms in total. The molecule has 1 aliphatic rings. The van der Waals surface area contributed by atoms with Crippen LogP contribution >= 0.6 is 11.6 Å². The van der Waals surface area contributed by atoms with Crippen molar-refractivity contribution in [1.82, 2.24) is 15.0 Å². The summed E-state index contributed by atoms with van der Waals surface area (Å²) in [4.78, 5) is 29.6. The van der Waals surface area contributed by atoms with E-state index in [-0.39, 0.29) is 48.5 Å². The van der Waals surface area contributed by atoms with E-state index in [0.717, 1.165) is 0 Å². The van der Waals surface area contributed by atoms with Gasteiger partial charge in [0.2, 0.25) is 5.91 Å². The third kappa shape index (κ3) is 7.59. The molecule has 0 saturated carbocycles. The summed E-state index contributed by atoms with van der Waals surface area (Å²) in [5.41, 5.74) is 1.74. The zero-order valence-electron chi connectivity index (χ0n) is 24.6. The van der Waals surface area contributed by atoms with E-state index in [1.807, 2.05) is 6.92 Å². The van der Waals surface area contributed by atoms with Crippen LogP contribution in [-0.4, -0.2) is 79.3 Å². The first-order valence-corrected chi connectivity index (χ1v) is 15.6. The minimum atomic E-state index is -3.93. The molecular weight excluding hydrogens is 598 g/mol. The van der Waals surface area contributed by atoms with Gasteiger partial charge in [-0.05, 0) is 63.2 Å². The molecule has 2 aromatic carbocycles. The van der Waals surface area contributed by atoms with Crippen LogP contribution in [0.4, 0.5) is 16.2 Å². The summed E-state index contributed by atoms with van der Waals surface area (Å²) in [5, 5.41) is 17.0. The van der Waals surface area contributed by atoms with Crippen molar-refractivity contribution >= 4 is 44.9 Å². The van der Waals surface area contributed by atoms with Gasteiger partial charge in [0, 0.05) is 35.8 Å². The molecule has 3 aromatic rings. The van der Waals surface area contributed by atoms with Crippen molar-refractivity contribution in [2.45, 2.75) is 51.2 Å². The Bertz CT molecular complexity index is 1560. The van der Waals surface area contributed by atoms with Crippen molar-refractivity contribution in [3.63, 3.8) is 0 Å². The van der Waals surface area contributed by atoms with E-state index in [4.69, 9.17) is 20.9 Å². The second-order valence-corrected chi connectivity index (χ2v) is 12.9. The molecule has 0 unspecified atom stereocenters. The lowest BCUT2D eigenvalue weighted by molar-refractivity contribution is -0.134. The normalized spacial score (nSPS) is 18.0. The van der Waals surface area contributed by atoms with Crippen LogP contribution in [-0.2, 0) is 21.2 Å². The molecule has 0 aliphatic carbocycles. The number of urea groups is 1. The average molecular weight is 634 g/mol. The van der Waals surface area contributed by atoms with Gasteiger partial charge < -0.3 is 29.5 Å². The number of ether oxygens (including phenoxy) is 1. The van der Waals surface area contributed by atoms with Crippen LogP contribution in [0.2, 0.25) is 5.02 Å². The number of fused-ring (bicyclic) bond motifs is 1. The predicted molar refractivity (Wildman–Crippen MR) is 162 cm³/mol. The summed E-state index contributed by atoms with van der Waals surface area (Å²) in [7, 11) is -2.30. The molecule has 1 aromatic heterocycles. The summed E-state index contributed by atoms with van der Waals surface area (Å²) < 4.78 is 40.1. The Hall–Kier alpha value is -3.81. The summed E-state index contributed by atoms with van der Waals surface area (Å²) in [5.74, 6) is 0.370. The number of likely N-dealkylation sites (N-methyl/N-ethyl adjacent to an activating group) is 1. The maximum Gasteiger partial charge on any atom is 0.321 e. The molecule has 14 heteroatoms. The van der Waals surface area contributed by atoms with Crippen LogP contribution in [0.3, 0.4) is 0 Å². The fraction of sp³-hybridized carbons (Fsp3) is 0.414. The molecule has 232 valence electrons. The molecule has 0 radical (unpaired) electrons. The van der Waals surface area contributed by atoms with Crippen LogP contribution < -0.4 is 14.8 Å². The molecule has 0 bridgehead atoms. The molecule has 2 heterocycles. The van der Waals surface area contributed by atoms with Gasteiger partial charge in [-0.25, -0.2) is 13.2 Å². The largest absolute Gasteiger partial charge is 0.488 e. The van der Waals surface area contributed by atoms with E-state index >= 15 is 0 Å². The van der Waals surface area contributed by atoms with E-state index in [0.29, 0.717) is 33.5 Å². The number of aromatic nitrogens is 1. The molecule has 3 atom stereocenters. The Morgan fingerprint density at radius 2 is 1.93 bits per heavy atom. The predicted octanol–water partition coefficient (Wildman–Crippen LogP) is 4.06. The van der Waals surface area contributed by atoms with Gasteiger partial charge in [0.25, 0.3) is 10.0 Å². The highest BCUT2D eigenvalue weighted by molar-refractivity contribution is 7.92. The number of rotatable bonds is 8. The number of halogens is 1. The average Bonchev–Trinajstić information content (AvgIpc) is 3.29. The molecule has 0 fully saturated rings. The maximum atomic E-state index is 13.5. The number of nitrogens with one attached hydrogen (secondary N) is 2. The number of carbonyl (C=O) groups is 2. The van der Waals surface area contributed by atoms with E-state index in [1.54, 1.807) is 50.9 Å². The Kier molecular flexibility index (Phi) is 9.88. The smallest absolute Gasteiger partial charge is 0.321 e. The topological polar surface area (TPSA) is 154 Å². The van der Waals surface area contributed by atoms with E-state index < -0.39 is 28.2 Å². The number of carbonyl (C=O) groups excluding carboxylic acids is 2. The van der Waals surface area contributed by atoms with Gasteiger partial charge in [-0.15, -0.1) is 0 Å². The van der Waals surface area contributed by atoms with Gasteiger partial charge in [0.05, 0.1) is 30.5 Å². The quantitative estimate of drug-likeness (QED) is 0.336. The SMILES string of the molecule is Cc1noc(C)c1NC(=O)N(C)C[C@@H]1Oc2ccc(NS(=O)(=O)c3ccc(Cl)cc3)cc2CC(=O)N([C@@H](C)CO)C[C@@H]1C. The Labute approximate surface area is 256 Å². The first kappa shape index (κ1) is 32.1. The second kappa shape index (κ2) is 13.2. The van der Waals surface area contributed by atoms with Gasteiger partial charge in [0.1, 0.15) is 23.2 Å². The summed E-state index contributed by atoms with van der Waals surface area (Å²) >= 11 is 5.90. The first-order chi connectivity index (χ1) is 20.3. The number of benzene rings is 2. The van der Waals surface area contributed by atoms with Crippen molar-refractivity contribution in [3.8, 4) is 5.75 Å². The van der Waals surface area contributed by atoms with Crippen molar-refractivity contribution in [2.24, 2.45) is 5.92 Å². The fourth-order valence-corrected chi connectivity index (χ4v) is 5.93. The molecule has 43 heavy (non-hydrogen) atoms. The second-order valence-electron chi connectivity index (χ2n) is 10.8. The number of sulfonamides is 1. The molecule has 3 amide bonds. The van der Waals surface area contributed by atoms with Crippen molar-refractivity contribution < 1.29 is 32.4 Å². The van der Waals surface area contributed by atoms with E-state index in [1.165, 1.54) is 29.2 Å². The molecule has 0 saturated heterocycles. The number of aliphatic hydroxyl groups is 1. The third-order valence-corrected chi connectivity index (χ3v) is 9.01. The van der Waals surface area contributed by atoms with Crippen LogP contribution in [0.5, 0.6) is 5.75 Å². The molecule has 1 aliphatic heterocycles. The number of hydrogen-bond acceptors (Lipinski definition) is 8. The number of hydrogen-bond donors (Lipinski definition) is 3. The standard InChI is InChI=1S/C29H36ClN5O7S/c1-17-14-35(18(2)16-36)27(37)13-21-12-23(33-43(39,40)24-9-6-22(30)7-10-24)8-11-25(21)41-26(17)15-34(5)29(38)31-28-19(3)32-42-20(28)4/h6-12,17-18,26,33,36H,13-16H2,1-5H3,(H,31,38)/t17-,18-,26-/m0/s1. The van der Waals surface area contributed by atoms with Crippen molar-refractivity contribution in [3.05, 3.63) is 64.5 Å². The number of aryl methyl sites for hydroxylation is 2. The van der Waals surface area contributed by atoms with Gasteiger partial charge >= 0.3 is 6.03 Å². The highest BCUT2D eigenvalue weighted by Gasteiger charge is 2.32. The minimum absolute atomic E-state index is 0.0301. The molecule has 0 spiro atoms.